The standard InChI is InChI=1S/C37H22N4O/c1-2-11-23(12-3-1)35-38-36(28-17-10-20-33-34(28)27-16-7-9-19-32(27)42-33)40-37(39-35)41-30-18-8-6-15-26(30)29-21-24-13-4-5-14-25(24)22-31(29)41/h1-22H. The van der Waals surface area contributed by atoms with E-state index in [4.69, 9.17) is 19.4 Å². The van der Waals surface area contributed by atoms with Crippen LogP contribution in [0.15, 0.2) is 138 Å². The van der Waals surface area contributed by atoms with Crippen LogP contribution in [0, 0.1) is 0 Å². The minimum absolute atomic E-state index is 0.574. The molecular formula is C37H22N4O. The van der Waals surface area contributed by atoms with Gasteiger partial charge in [-0.05, 0) is 41.1 Å². The third-order valence-corrected chi connectivity index (χ3v) is 8.04. The summed E-state index contributed by atoms with van der Waals surface area (Å²) >= 11 is 0. The fourth-order valence-corrected chi connectivity index (χ4v) is 6.13. The van der Waals surface area contributed by atoms with Crippen molar-refractivity contribution in [1.82, 2.24) is 19.5 Å². The third-order valence-electron chi connectivity index (χ3n) is 8.04. The highest BCUT2D eigenvalue weighted by atomic mass is 16.3. The van der Waals surface area contributed by atoms with Gasteiger partial charge in [-0.15, -0.1) is 0 Å². The molecule has 0 radical (unpaired) electrons. The predicted molar refractivity (Wildman–Crippen MR) is 170 cm³/mol. The number of benzene rings is 6. The zero-order chi connectivity index (χ0) is 27.6. The van der Waals surface area contributed by atoms with Crippen LogP contribution in [0.1, 0.15) is 0 Å². The normalized spacial score (nSPS) is 11.8. The number of fused-ring (bicyclic) bond motifs is 7. The molecule has 0 bridgehead atoms. The van der Waals surface area contributed by atoms with E-state index < -0.39 is 0 Å². The van der Waals surface area contributed by atoms with Crippen LogP contribution in [0.5, 0.6) is 0 Å². The zero-order valence-corrected chi connectivity index (χ0v) is 22.4. The van der Waals surface area contributed by atoms with E-state index >= 15 is 0 Å². The van der Waals surface area contributed by atoms with E-state index in [1.54, 1.807) is 0 Å². The topological polar surface area (TPSA) is 56.7 Å². The number of rotatable bonds is 3. The Kier molecular flexibility index (Phi) is 4.83. The zero-order valence-electron chi connectivity index (χ0n) is 22.4. The number of furan rings is 1. The van der Waals surface area contributed by atoms with Crippen LogP contribution in [-0.4, -0.2) is 19.5 Å². The Balaban J connectivity index is 1.40. The fraction of sp³-hybridized carbons (Fsp3) is 0. The summed E-state index contributed by atoms with van der Waals surface area (Å²) in [7, 11) is 0. The van der Waals surface area contributed by atoms with Crippen LogP contribution in [-0.2, 0) is 0 Å². The lowest BCUT2D eigenvalue weighted by molar-refractivity contribution is 0.669. The molecule has 0 saturated carbocycles. The molecule has 0 unspecified atom stereocenters. The van der Waals surface area contributed by atoms with Crippen LogP contribution in [0.3, 0.4) is 0 Å². The van der Waals surface area contributed by atoms with Crippen LogP contribution in [0.4, 0.5) is 0 Å². The van der Waals surface area contributed by atoms with E-state index in [1.165, 1.54) is 10.8 Å². The van der Waals surface area contributed by atoms with Crippen molar-refractivity contribution in [1.29, 1.82) is 0 Å². The molecule has 0 fully saturated rings. The molecule has 0 atom stereocenters. The lowest BCUT2D eigenvalue weighted by Crippen LogP contribution is -2.06. The lowest BCUT2D eigenvalue weighted by atomic mass is 10.1. The largest absolute Gasteiger partial charge is 0.456 e. The molecule has 5 heteroatoms. The predicted octanol–water partition coefficient (Wildman–Crippen LogP) is 9.36. The number of aromatic nitrogens is 4. The summed E-state index contributed by atoms with van der Waals surface area (Å²) in [5.74, 6) is 1.79. The first-order valence-corrected chi connectivity index (χ1v) is 14.0. The molecule has 0 aliphatic carbocycles. The summed E-state index contributed by atoms with van der Waals surface area (Å²) < 4.78 is 8.38. The number of hydrogen-bond acceptors (Lipinski definition) is 4. The average molecular weight is 539 g/mol. The monoisotopic (exact) mass is 538 g/mol. The number of para-hydroxylation sites is 2. The van der Waals surface area contributed by atoms with Crippen molar-refractivity contribution < 1.29 is 4.42 Å². The molecule has 0 spiro atoms. The summed E-state index contributed by atoms with van der Waals surface area (Å²) in [6, 6.07) is 45.7. The molecule has 196 valence electrons. The van der Waals surface area contributed by atoms with Crippen molar-refractivity contribution in [2.75, 3.05) is 0 Å². The highest BCUT2D eigenvalue weighted by molar-refractivity contribution is 6.14. The maximum atomic E-state index is 6.21. The SMILES string of the molecule is c1ccc(-c2nc(-c3cccc4oc5ccccc5c34)nc(-n3c4ccccc4c4cc5ccccc5cc43)n2)cc1. The van der Waals surface area contributed by atoms with E-state index in [0.717, 1.165) is 54.9 Å². The molecule has 5 nitrogen and oxygen atoms in total. The molecular weight excluding hydrogens is 516 g/mol. The van der Waals surface area contributed by atoms with E-state index in [-0.39, 0.29) is 0 Å². The van der Waals surface area contributed by atoms with Gasteiger partial charge in [-0.3, -0.25) is 4.57 Å². The summed E-state index contributed by atoms with van der Waals surface area (Å²) in [6.45, 7) is 0. The van der Waals surface area contributed by atoms with Crippen LogP contribution >= 0.6 is 0 Å². The molecule has 0 N–H and O–H groups in total. The van der Waals surface area contributed by atoms with Gasteiger partial charge in [-0.1, -0.05) is 103 Å². The highest BCUT2D eigenvalue weighted by Gasteiger charge is 2.20. The van der Waals surface area contributed by atoms with E-state index in [2.05, 4.69) is 77.4 Å². The molecule has 3 aromatic heterocycles. The van der Waals surface area contributed by atoms with Crippen LogP contribution in [0.2, 0.25) is 0 Å². The Labute approximate surface area is 240 Å². The van der Waals surface area contributed by atoms with Crippen molar-refractivity contribution in [3.8, 4) is 28.7 Å². The molecule has 9 rings (SSSR count). The maximum absolute atomic E-state index is 6.21. The quantitative estimate of drug-likeness (QED) is 0.225. The van der Waals surface area contributed by atoms with Crippen molar-refractivity contribution in [3.05, 3.63) is 133 Å². The average Bonchev–Trinajstić information content (AvgIpc) is 3.59. The second-order valence-corrected chi connectivity index (χ2v) is 10.5. The molecule has 0 aliphatic heterocycles. The Hall–Kier alpha value is -5.81. The van der Waals surface area contributed by atoms with Crippen LogP contribution < -0.4 is 0 Å². The Morgan fingerprint density at radius 2 is 1.17 bits per heavy atom. The van der Waals surface area contributed by atoms with Crippen molar-refractivity contribution >= 4 is 54.5 Å². The van der Waals surface area contributed by atoms with Gasteiger partial charge in [0, 0.05) is 32.7 Å². The van der Waals surface area contributed by atoms with Gasteiger partial charge < -0.3 is 4.42 Å². The molecule has 3 heterocycles. The van der Waals surface area contributed by atoms with Gasteiger partial charge in [-0.2, -0.15) is 9.97 Å². The molecule has 0 aliphatic rings. The van der Waals surface area contributed by atoms with Gasteiger partial charge in [0.25, 0.3) is 0 Å². The van der Waals surface area contributed by atoms with Crippen LogP contribution in [0.25, 0.3) is 83.2 Å². The summed E-state index contributed by atoms with van der Waals surface area (Å²) in [6.07, 6.45) is 0. The van der Waals surface area contributed by atoms with Gasteiger partial charge in [-0.25, -0.2) is 4.98 Å². The van der Waals surface area contributed by atoms with E-state index in [1.807, 2.05) is 60.7 Å². The van der Waals surface area contributed by atoms with Gasteiger partial charge in [0.2, 0.25) is 5.95 Å². The molecule has 42 heavy (non-hydrogen) atoms. The minimum atomic E-state index is 0.574. The Morgan fingerprint density at radius 3 is 2.05 bits per heavy atom. The van der Waals surface area contributed by atoms with Crippen molar-refractivity contribution in [3.63, 3.8) is 0 Å². The first-order valence-electron chi connectivity index (χ1n) is 14.0. The van der Waals surface area contributed by atoms with Crippen molar-refractivity contribution in [2.24, 2.45) is 0 Å². The fourth-order valence-electron chi connectivity index (χ4n) is 6.13. The molecule has 0 saturated heterocycles. The maximum Gasteiger partial charge on any atom is 0.238 e. The number of nitrogens with zero attached hydrogens (tertiary/aromatic N) is 4. The summed E-state index contributed by atoms with van der Waals surface area (Å²) in [4.78, 5) is 15.3. The van der Waals surface area contributed by atoms with E-state index in [0.29, 0.717) is 17.6 Å². The highest BCUT2D eigenvalue weighted by Crippen LogP contribution is 2.38. The van der Waals surface area contributed by atoms with E-state index in [9.17, 15) is 0 Å². The second kappa shape index (κ2) is 8.85. The smallest absolute Gasteiger partial charge is 0.238 e. The first-order chi connectivity index (χ1) is 20.8. The first kappa shape index (κ1) is 22.9. The Morgan fingerprint density at radius 1 is 0.476 bits per heavy atom. The summed E-state index contributed by atoms with van der Waals surface area (Å²) in [5.41, 5.74) is 5.58. The van der Waals surface area contributed by atoms with Gasteiger partial charge in [0.05, 0.1) is 11.0 Å². The summed E-state index contributed by atoms with van der Waals surface area (Å²) in [5, 5.41) is 6.72. The second-order valence-electron chi connectivity index (χ2n) is 10.5. The number of hydrogen-bond donors (Lipinski definition) is 0. The molecule has 9 aromatic rings. The molecule has 0 amide bonds. The molecule has 6 aromatic carbocycles. The van der Waals surface area contributed by atoms with Gasteiger partial charge in [0.1, 0.15) is 11.2 Å². The van der Waals surface area contributed by atoms with Gasteiger partial charge in [0.15, 0.2) is 11.6 Å². The third kappa shape index (κ3) is 3.40. The van der Waals surface area contributed by atoms with Crippen molar-refractivity contribution in [2.45, 2.75) is 0 Å². The Bertz CT molecular complexity index is 2470. The lowest BCUT2D eigenvalue weighted by Gasteiger charge is -2.11. The minimum Gasteiger partial charge on any atom is -0.456 e. The van der Waals surface area contributed by atoms with Gasteiger partial charge >= 0.3 is 0 Å².